The molecule has 144 valence electrons. The smallest absolute Gasteiger partial charge is 0.335 e. The number of hydrogen-bond acceptors (Lipinski definition) is 5. The van der Waals surface area contributed by atoms with E-state index in [1.165, 1.54) is 18.2 Å². The lowest BCUT2D eigenvalue weighted by Crippen LogP contribution is -2.24. The minimum Gasteiger partial charge on any atom is -0.478 e. The first-order valence-electron chi connectivity index (χ1n) is 8.58. The Morgan fingerprint density at radius 1 is 1.43 bits per heavy atom. The zero-order valence-electron chi connectivity index (χ0n) is 14.4. The number of fused-ring (bicyclic) bond motifs is 1. The molecule has 28 heavy (non-hydrogen) atoms. The monoisotopic (exact) mass is 512 g/mol. The molecule has 1 fully saturated rings. The number of nitrogens with zero attached hydrogens (tertiary/aromatic N) is 4. The van der Waals surface area contributed by atoms with Crippen LogP contribution in [-0.4, -0.2) is 30.4 Å². The Balaban J connectivity index is 1.99. The molecule has 0 bridgehead atoms. The van der Waals surface area contributed by atoms with E-state index in [9.17, 15) is 20.0 Å². The largest absolute Gasteiger partial charge is 0.478 e. The Hall–Kier alpha value is -2.27. The lowest BCUT2D eigenvalue weighted by molar-refractivity contribution is -0.385. The average Bonchev–Trinajstić information content (AvgIpc) is 2.95. The Kier molecular flexibility index (Phi) is 4.96. The first-order valence-corrected chi connectivity index (χ1v) is 10.0. The second kappa shape index (κ2) is 7.28. The molecule has 4 rings (SSSR count). The van der Waals surface area contributed by atoms with Crippen molar-refractivity contribution in [3.05, 3.63) is 66.5 Å². The van der Waals surface area contributed by atoms with Crippen molar-refractivity contribution in [2.45, 2.75) is 25.2 Å². The van der Waals surface area contributed by atoms with Crippen LogP contribution < -0.4 is 0 Å². The van der Waals surface area contributed by atoms with E-state index in [4.69, 9.17) is 11.6 Å². The third-order valence-corrected chi connectivity index (χ3v) is 6.23. The molecule has 3 aromatic rings. The van der Waals surface area contributed by atoms with Gasteiger partial charge < -0.3 is 5.11 Å². The van der Waals surface area contributed by atoms with E-state index in [0.717, 1.165) is 19.3 Å². The maximum atomic E-state index is 11.7. The van der Waals surface area contributed by atoms with Gasteiger partial charge in [-0.3, -0.25) is 14.5 Å². The lowest BCUT2D eigenvalue weighted by atomic mass is 9.72. The van der Waals surface area contributed by atoms with Crippen molar-refractivity contribution in [3.8, 4) is 0 Å². The number of hydrogen-bond donors (Lipinski definition) is 1. The second-order valence-electron chi connectivity index (χ2n) is 6.70. The minimum atomic E-state index is -1.13. The van der Waals surface area contributed by atoms with Gasteiger partial charge in [0.05, 0.1) is 16.4 Å². The maximum absolute atomic E-state index is 11.7. The lowest BCUT2D eigenvalue weighted by Gasteiger charge is -2.33. The number of imidazole rings is 1. The van der Waals surface area contributed by atoms with Gasteiger partial charge in [-0.15, -0.1) is 0 Å². The molecule has 1 saturated carbocycles. The van der Waals surface area contributed by atoms with E-state index in [0.29, 0.717) is 25.8 Å². The van der Waals surface area contributed by atoms with Crippen molar-refractivity contribution >= 4 is 51.4 Å². The molecule has 10 heteroatoms. The highest BCUT2D eigenvalue weighted by Crippen LogP contribution is 2.46. The third-order valence-electron chi connectivity index (χ3n) is 5.20. The van der Waals surface area contributed by atoms with Crippen LogP contribution >= 0.6 is 34.2 Å². The Morgan fingerprint density at radius 2 is 2.18 bits per heavy atom. The quantitative estimate of drug-likeness (QED) is 0.306. The molecule has 0 saturated heterocycles. The molecule has 1 aromatic carbocycles. The van der Waals surface area contributed by atoms with E-state index in [-0.39, 0.29) is 17.2 Å². The van der Waals surface area contributed by atoms with Crippen molar-refractivity contribution < 1.29 is 14.8 Å². The molecule has 0 radical (unpaired) electrons. The number of aromatic nitrogens is 3. The highest BCUT2D eigenvalue weighted by molar-refractivity contribution is 14.1. The SMILES string of the molecule is O=C(O)c1ccc([N+](=O)[O-])c(C(c2nc(I)c3c(Cl)nccn23)C2CCC2)c1. The summed E-state index contributed by atoms with van der Waals surface area (Å²) in [4.78, 5) is 31.5. The van der Waals surface area contributed by atoms with Gasteiger partial charge in [0.1, 0.15) is 15.0 Å². The van der Waals surface area contributed by atoms with Crippen LogP contribution in [0.5, 0.6) is 0 Å². The molecule has 1 unspecified atom stereocenters. The van der Waals surface area contributed by atoms with Crippen molar-refractivity contribution in [2.75, 3.05) is 0 Å². The number of carboxylic acid groups (broad SMARTS) is 1. The van der Waals surface area contributed by atoms with Gasteiger partial charge in [-0.1, -0.05) is 18.0 Å². The first-order chi connectivity index (χ1) is 13.4. The normalized spacial score (nSPS) is 15.4. The topological polar surface area (TPSA) is 111 Å². The van der Waals surface area contributed by atoms with Gasteiger partial charge in [-0.2, -0.15) is 0 Å². The Labute approximate surface area is 177 Å². The van der Waals surface area contributed by atoms with Crippen LogP contribution in [0.2, 0.25) is 5.15 Å². The summed E-state index contributed by atoms with van der Waals surface area (Å²) >= 11 is 8.31. The van der Waals surface area contributed by atoms with E-state index in [1.54, 1.807) is 16.8 Å². The van der Waals surface area contributed by atoms with Gasteiger partial charge in [-0.05, 0) is 53.5 Å². The van der Waals surface area contributed by atoms with Crippen LogP contribution in [0.4, 0.5) is 5.69 Å². The molecular weight excluding hydrogens is 499 g/mol. The number of aromatic carboxylic acids is 1. The highest BCUT2D eigenvalue weighted by atomic mass is 127. The molecule has 2 aromatic heterocycles. The van der Waals surface area contributed by atoms with Crippen molar-refractivity contribution in [3.63, 3.8) is 0 Å². The van der Waals surface area contributed by atoms with Crippen LogP contribution in [0.25, 0.3) is 5.52 Å². The number of halogens is 2. The van der Waals surface area contributed by atoms with E-state index in [2.05, 4.69) is 32.6 Å². The Bertz CT molecular complexity index is 1110. The van der Waals surface area contributed by atoms with Crippen molar-refractivity contribution in [2.24, 2.45) is 5.92 Å². The fourth-order valence-corrected chi connectivity index (χ4v) is 4.84. The van der Waals surface area contributed by atoms with Gasteiger partial charge in [0, 0.05) is 24.0 Å². The first kappa shape index (κ1) is 19.1. The van der Waals surface area contributed by atoms with Gasteiger partial charge in [0.2, 0.25) is 0 Å². The highest BCUT2D eigenvalue weighted by Gasteiger charge is 2.37. The van der Waals surface area contributed by atoms with Crippen molar-refractivity contribution in [1.82, 2.24) is 14.4 Å². The summed E-state index contributed by atoms with van der Waals surface area (Å²) in [7, 11) is 0. The van der Waals surface area contributed by atoms with Gasteiger partial charge in [0.15, 0.2) is 5.15 Å². The average molecular weight is 513 g/mol. The predicted molar refractivity (Wildman–Crippen MR) is 110 cm³/mol. The van der Waals surface area contributed by atoms with Crippen LogP contribution in [0.1, 0.15) is 46.9 Å². The number of carbonyl (C=O) groups is 1. The van der Waals surface area contributed by atoms with Crippen LogP contribution in [-0.2, 0) is 0 Å². The molecule has 1 atom stereocenters. The molecule has 8 nitrogen and oxygen atoms in total. The van der Waals surface area contributed by atoms with Crippen LogP contribution in [0, 0.1) is 19.7 Å². The van der Waals surface area contributed by atoms with Gasteiger partial charge >= 0.3 is 5.97 Å². The number of nitro groups is 1. The minimum absolute atomic E-state index is 0.0141. The molecule has 0 spiro atoms. The van der Waals surface area contributed by atoms with E-state index in [1.807, 2.05) is 0 Å². The fourth-order valence-electron chi connectivity index (χ4n) is 3.68. The van der Waals surface area contributed by atoms with E-state index < -0.39 is 16.8 Å². The number of rotatable bonds is 5. The van der Waals surface area contributed by atoms with Gasteiger partial charge in [0.25, 0.3) is 5.69 Å². The summed E-state index contributed by atoms with van der Waals surface area (Å²) in [6, 6.07) is 3.93. The summed E-state index contributed by atoms with van der Waals surface area (Å²) in [6.45, 7) is 0. The van der Waals surface area contributed by atoms with Gasteiger partial charge in [-0.25, -0.2) is 14.8 Å². The summed E-state index contributed by atoms with van der Waals surface area (Å²) in [5, 5.41) is 21.4. The molecule has 1 N–H and O–H groups in total. The van der Waals surface area contributed by atoms with E-state index >= 15 is 0 Å². The zero-order chi connectivity index (χ0) is 20.0. The fraction of sp³-hybridized carbons (Fsp3) is 0.278. The molecule has 2 heterocycles. The molecular formula is C18H14ClIN4O4. The summed E-state index contributed by atoms with van der Waals surface area (Å²) < 4.78 is 2.45. The number of carboxylic acids is 1. The number of nitro benzene ring substituents is 1. The molecule has 0 amide bonds. The second-order valence-corrected chi connectivity index (χ2v) is 8.08. The third kappa shape index (κ3) is 3.12. The van der Waals surface area contributed by atoms with Crippen molar-refractivity contribution in [1.29, 1.82) is 0 Å². The molecule has 1 aliphatic rings. The predicted octanol–water partition coefficient (Wildman–Crippen LogP) is 4.53. The standard InChI is InChI=1S/C18H14ClIN4O4/c19-15-14-16(20)22-17(23(14)7-6-21-15)13(9-2-1-3-9)11-8-10(18(25)26)4-5-12(11)24(27)28/h4-9,13H,1-3H2,(H,25,26). The molecule has 0 aliphatic heterocycles. The Morgan fingerprint density at radius 3 is 2.79 bits per heavy atom. The summed E-state index contributed by atoms with van der Waals surface area (Å²) in [5.41, 5.74) is 0.918. The van der Waals surface area contributed by atoms with Crippen LogP contribution in [0.3, 0.4) is 0 Å². The summed E-state index contributed by atoms with van der Waals surface area (Å²) in [6.07, 6.45) is 6.09. The van der Waals surface area contributed by atoms with Crippen LogP contribution in [0.15, 0.2) is 30.6 Å². The zero-order valence-corrected chi connectivity index (χ0v) is 17.3. The molecule has 1 aliphatic carbocycles. The summed E-state index contributed by atoms with van der Waals surface area (Å²) in [5.74, 6) is -0.795. The maximum Gasteiger partial charge on any atom is 0.335 e. The number of benzene rings is 1.